The monoisotopic (exact) mass is 264 g/mol. The van der Waals surface area contributed by atoms with Crippen LogP contribution < -0.4 is 4.74 Å². The van der Waals surface area contributed by atoms with E-state index in [1.54, 1.807) is 0 Å². The maximum Gasteiger partial charge on any atom is 0.191 e. The van der Waals surface area contributed by atoms with Crippen LogP contribution in [0, 0.1) is 0 Å². The number of fused-ring (bicyclic) bond motifs is 1. The standard InChI is InChI=1S/C15H20O4/c1-3-17-15(18-4-2)10-19-12-6-7-13-11(9-12)5-8-14(13)16/h6-7,9,15H,3-5,8,10H2,1-2H3. The zero-order chi connectivity index (χ0) is 13.7. The fraction of sp³-hybridized carbons (Fsp3) is 0.533. The smallest absolute Gasteiger partial charge is 0.191 e. The molecule has 0 radical (unpaired) electrons. The summed E-state index contributed by atoms with van der Waals surface area (Å²) in [4.78, 5) is 11.5. The number of benzene rings is 1. The van der Waals surface area contributed by atoms with Gasteiger partial charge in [0.05, 0.1) is 0 Å². The molecular weight excluding hydrogens is 244 g/mol. The van der Waals surface area contributed by atoms with Crippen molar-refractivity contribution in [1.82, 2.24) is 0 Å². The van der Waals surface area contributed by atoms with E-state index in [1.807, 2.05) is 32.0 Å². The summed E-state index contributed by atoms with van der Waals surface area (Å²) in [5, 5.41) is 0. The lowest BCUT2D eigenvalue weighted by atomic mass is 10.1. The highest BCUT2D eigenvalue weighted by Crippen LogP contribution is 2.26. The van der Waals surface area contributed by atoms with E-state index in [2.05, 4.69) is 0 Å². The van der Waals surface area contributed by atoms with Crippen LogP contribution in [0.25, 0.3) is 0 Å². The van der Waals surface area contributed by atoms with E-state index in [0.29, 0.717) is 26.2 Å². The summed E-state index contributed by atoms with van der Waals surface area (Å²) in [6.45, 7) is 5.38. The summed E-state index contributed by atoms with van der Waals surface area (Å²) >= 11 is 0. The zero-order valence-electron chi connectivity index (χ0n) is 11.5. The predicted molar refractivity (Wildman–Crippen MR) is 71.6 cm³/mol. The van der Waals surface area contributed by atoms with Gasteiger partial charge in [-0.1, -0.05) is 0 Å². The van der Waals surface area contributed by atoms with Gasteiger partial charge in [0, 0.05) is 25.2 Å². The van der Waals surface area contributed by atoms with Crippen molar-refractivity contribution in [3.8, 4) is 5.75 Å². The van der Waals surface area contributed by atoms with Crippen LogP contribution in [0.2, 0.25) is 0 Å². The lowest BCUT2D eigenvalue weighted by Gasteiger charge is -2.17. The second kappa shape index (κ2) is 6.68. The highest BCUT2D eigenvalue weighted by Gasteiger charge is 2.19. The van der Waals surface area contributed by atoms with Gasteiger partial charge < -0.3 is 14.2 Å². The fourth-order valence-corrected chi connectivity index (χ4v) is 2.20. The number of rotatable bonds is 7. The number of Topliss-reactive ketones (excluding diaryl/α,β-unsaturated/α-hetero) is 1. The Morgan fingerprint density at radius 2 is 1.89 bits per heavy atom. The summed E-state index contributed by atoms with van der Waals surface area (Å²) in [6, 6.07) is 5.61. The van der Waals surface area contributed by atoms with E-state index < -0.39 is 0 Å². The average Bonchev–Trinajstić information content (AvgIpc) is 2.78. The molecule has 0 spiro atoms. The van der Waals surface area contributed by atoms with Gasteiger partial charge in [0.2, 0.25) is 0 Å². The number of hydrogen-bond donors (Lipinski definition) is 0. The van der Waals surface area contributed by atoms with E-state index in [4.69, 9.17) is 14.2 Å². The van der Waals surface area contributed by atoms with Crippen LogP contribution in [0.3, 0.4) is 0 Å². The van der Waals surface area contributed by atoms with E-state index in [1.165, 1.54) is 0 Å². The van der Waals surface area contributed by atoms with Crippen molar-refractivity contribution >= 4 is 5.78 Å². The first kappa shape index (κ1) is 14.0. The van der Waals surface area contributed by atoms with E-state index in [-0.39, 0.29) is 12.1 Å². The van der Waals surface area contributed by atoms with Gasteiger partial charge in [-0.25, -0.2) is 0 Å². The van der Waals surface area contributed by atoms with Crippen LogP contribution >= 0.6 is 0 Å². The summed E-state index contributed by atoms with van der Waals surface area (Å²) in [5.41, 5.74) is 1.91. The van der Waals surface area contributed by atoms with Gasteiger partial charge in [0.25, 0.3) is 0 Å². The van der Waals surface area contributed by atoms with Crippen LogP contribution in [-0.4, -0.2) is 31.9 Å². The molecule has 0 saturated heterocycles. The van der Waals surface area contributed by atoms with E-state index >= 15 is 0 Å². The second-order valence-electron chi connectivity index (χ2n) is 4.39. The molecule has 0 aliphatic heterocycles. The van der Waals surface area contributed by atoms with Crippen LogP contribution in [0.15, 0.2) is 18.2 Å². The van der Waals surface area contributed by atoms with Crippen molar-refractivity contribution in [2.45, 2.75) is 33.0 Å². The van der Waals surface area contributed by atoms with Crippen molar-refractivity contribution in [2.24, 2.45) is 0 Å². The molecule has 0 bridgehead atoms. The highest BCUT2D eigenvalue weighted by molar-refractivity contribution is 6.00. The topological polar surface area (TPSA) is 44.8 Å². The van der Waals surface area contributed by atoms with Crippen molar-refractivity contribution < 1.29 is 19.0 Å². The number of aryl methyl sites for hydroxylation is 1. The third kappa shape index (κ3) is 3.55. The second-order valence-corrected chi connectivity index (χ2v) is 4.39. The Morgan fingerprint density at radius 1 is 1.16 bits per heavy atom. The number of ketones is 1. The summed E-state index contributed by atoms with van der Waals surface area (Å²) in [7, 11) is 0. The molecule has 0 amide bonds. The number of carbonyl (C=O) groups is 1. The van der Waals surface area contributed by atoms with Gasteiger partial charge in [-0.05, 0) is 44.0 Å². The molecule has 2 rings (SSSR count). The molecule has 4 heteroatoms. The summed E-state index contributed by atoms with van der Waals surface area (Å²) in [5.74, 6) is 0.987. The average molecular weight is 264 g/mol. The Balaban J connectivity index is 1.94. The maximum atomic E-state index is 11.5. The molecule has 4 nitrogen and oxygen atoms in total. The fourth-order valence-electron chi connectivity index (χ4n) is 2.20. The molecule has 0 N–H and O–H groups in total. The molecule has 1 aliphatic rings. The third-order valence-electron chi connectivity index (χ3n) is 3.09. The Hall–Kier alpha value is -1.39. The molecular formula is C15H20O4. The van der Waals surface area contributed by atoms with Crippen molar-refractivity contribution in [1.29, 1.82) is 0 Å². The van der Waals surface area contributed by atoms with Crippen molar-refractivity contribution in [2.75, 3.05) is 19.8 Å². The third-order valence-corrected chi connectivity index (χ3v) is 3.09. The van der Waals surface area contributed by atoms with Crippen LogP contribution in [0.4, 0.5) is 0 Å². The molecule has 1 aromatic carbocycles. The van der Waals surface area contributed by atoms with E-state index in [9.17, 15) is 4.79 Å². The van der Waals surface area contributed by atoms with Crippen LogP contribution in [0.5, 0.6) is 5.75 Å². The summed E-state index contributed by atoms with van der Waals surface area (Å²) < 4.78 is 16.5. The zero-order valence-corrected chi connectivity index (χ0v) is 11.5. The van der Waals surface area contributed by atoms with E-state index in [0.717, 1.165) is 23.3 Å². The predicted octanol–water partition coefficient (Wildman–Crippen LogP) is 2.59. The largest absolute Gasteiger partial charge is 0.488 e. The van der Waals surface area contributed by atoms with Gasteiger partial charge in [-0.15, -0.1) is 0 Å². The molecule has 104 valence electrons. The molecule has 0 unspecified atom stereocenters. The van der Waals surface area contributed by atoms with Crippen LogP contribution in [-0.2, 0) is 15.9 Å². The molecule has 1 aliphatic carbocycles. The Morgan fingerprint density at radius 3 is 2.58 bits per heavy atom. The molecule has 1 aromatic rings. The number of carbonyl (C=O) groups excluding carboxylic acids is 1. The SMILES string of the molecule is CCOC(COc1ccc2c(c1)CCC2=O)OCC. The number of hydrogen-bond acceptors (Lipinski definition) is 4. The molecule has 19 heavy (non-hydrogen) atoms. The van der Waals surface area contributed by atoms with Crippen molar-refractivity contribution in [3.63, 3.8) is 0 Å². The highest BCUT2D eigenvalue weighted by atomic mass is 16.7. The lowest BCUT2D eigenvalue weighted by molar-refractivity contribution is -0.152. The Bertz CT molecular complexity index is 436. The van der Waals surface area contributed by atoms with Gasteiger partial charge in [-0.3, -0.25) is 4.79 Å². The number of ether oxygens (including phenoxy) is 3. The minimum atomic E-state index is -0.343. The molecule has 0 saturated carbocycles. The molecule has 0 aromatic heterocycles. The summed E-state index contributed by atoms with van der Waals surface area (Å²) in [6.07, 6.45) is 1.08. The Labute approximate surface area is 113 Å². The minimum absolute atomic E-state index is 0.225. The maximum absolute atomic E-state index is 11.5. The van der Waals surface area contributed by atoms with Crippen LogP contribution in [0.1, 0.15) is 36.2 Å². The van der Waals surface area contributed by atoms with Gasteiger partial charge in [0.15, 0.2) is 12.1 Å². The minimum Gasteiger partial charge on any atom is -0.488 e. The first-order valence-electron chi connectivity index (χ1n) is 6.76. The molecule has 0 heterocycles. The molecule has 0 fully saturated rings. The first-order chi connectivity index (χ1) is 9.24. The van der Waals surface area contributed by atoms with Crippen molar-refractivity contribution in [3.05, 3.63) is 29.3 Å². The lowest BCUT2D eigenvalue weighted by Crippen LogP contribution is -2.25. The van der Waals surface area contributed by atoms with Gasteiger partial charge in [-0.2, -0.15) is 0 Å². The molecule has 0 atom stereocenters. The Kier molecular flexibility index (Phi) is 4.93. The first-order valence-corrected chi connectivity index (χ1v) is 6.76. The van der Waals surface area contributed by atoms with Gasteiger partial charge >= 0.3 is 0 Å². The normalized spacial score (nSPS) is 13.9. The van der Waals surface area contributed by atoms with Gasteiger partial charge in [0.1, 0.15) is 12.4 Å². The quantitative estimate of drug-likeness (QED) is 0.710.